The van der Waals surface area contributed by atoms with Crippen LogP contribution in [0, 0.1) is 13.8 Å². The topological polar surface area (TPSA) is 114 Å². The smallest absolute Gasteiger partial charge is 0.305 e. The maximum absolute atomic E-state index is 13.3. The predicted octanol–water partition coefficient (Wildman–Crippen LogP) is 5.56. The van der Waals surface area contributed by atoms with Crippen LogP contribution in [0.1, 0.15) is 58.3 Å². The number of aliphatic carboxylic acids is 1. The first-order chi connectivity index (χ1) is 21.3. The minimum absolute atomic E-state index is 0.0769. The van der Waals surface area contributed by atoms with E-state index in [1.807, 2.05) is 52.3 Å². The highest BCUT2D eigenvalue weighted by Crippen LogP contribution is 2.36. The molecule has 0 bridgehead atoms. The zero-order valence-corrected chi connectivity index (χ0v) is 25.2. The van der Waals surface area contributed by atoms with Crippen molar-refractivity contribution in [1.82, 2.24) is 15.1 Å². The summed E-state index contributed by atoms with van der Waals surface area (Å²) in [5, 5.41) is 16.0. The van der Waals surface area contributed by atoms with Gasteiger partial charge in [-0.25, -0.2) is 0 Å². The lowest BCUT2D eigenvalue weighted by Crippen LogP contribution is -2.35. The number of aromatic nitrogens is 2. The van der Waals surface area contributed by atoms with E-state index in [-0.39, 0.29) is 24.8 Å². The number of fused-ring (bicyclic) bond motifs is 1. The van der Waals surface area contributed by atoms with E-state index in [4.69, 9.17) is 9.84 Å². The summed E-state index contributed by atoms with van der Waals surface area (Å²) in [4.78, 5) is 38.4. The second kappa shape index (κ2) is 14.0. The summed E-state index contributed by atoms with van der Waals surface area (Å²) in [7, 11) is 0. The van der Waals surface area contributed by atoms with Crippen molar-refractivity contribution in [3.8, 4) is 16.9 Å². The number of nitrogens with zero attached hydrogens (tertiary/aromatic N) is 3. The number of benzene rings is 3. The van der Waals surface area contributed by atoms with Crippen molar-refractivity contribution in [1.29, 1.82) is 0 Å². The molecule has 0 radical (unpaired) electrons. The molecule has 9 nitrogen and oxygen atoms in total. The number of amides is 2. The van der Waals surface area contributed by atoms with Crippen LogP contribution >= 0.6 is 0 Å². The average molecular weight is 595 g/mol. The number of carboxylic acid groups (broad SMARTS) is 1. The number of anilines is 1. The highest BCUT2D eigenvalue weighted by Gasteiger charge is 2.25. The van der Waals surface area contributed by atoms with E-state index in [2.05, 4.69) is 36.4 Å². The lowest BCUT2D eigenvalue weighted by molar-refractivity contribution is -0.136. The highest BCUT2D eigenvalue weighted by molar-refractivity contribution is 5.96. The molecule has 1 aromatic heterocycles. The Morgan fingerprint density at radius 1 is 1.02 bits per heavy atom. The predicted molar refractivity (Wildman–Crippen MR) is 169 cm³/mol. The minimum Gasteiger partial charge on any atom is -0.493 e. The van der Waals surface area contributed by atoms with Gasteiger partial charge in [-0.05, 0) is 85.2 Å². The molecule has 0 saturated carbocycles. The molecule has 9 heteroatoms. The van der Waals surface area contributed by atoms with Crippen molar-refractivity contribution in [3.63, 3.8) is 0 Å². The first kappa shape index (κ1) is 30.5. The van der Waals surface area contributed by atoms with Gasteiger partial charge in [0.05, 0.1) is 25.8 Å². The van der Waals surface area contributed by atoms with Gasteiger partial charge in [0.25, 0.3) is 5.91 Å². The molecule has 0 aliphatic carbocycles. The third-order valence-corrected chi connectivity index (χ3v) is 8.00. The zero-order chi connectivity index (χ0) is 31.1. The molecule has 3 aromatic carbocycles. The molecule has 4 aromatic rings. The van der Waals surface area contributed by atoms with Crippen molar-refractivity contribution in [2.24, 2.45) is 0 Å². The van der Waals surface area contributed by atoms with Crippen LogP contribution in [0.15, 0.2) is 73.1 Å². The van der Waals surface area contributed by atoms with Gasteiger partial charge >= 0.3 is 5.97 Å². The molecule has 228 valence electrons. The number of nitrogens with one attached hydrogen (secondary N) is 1. The fourth-order valence-corrected chi connectivity index (χ4v) is 5.55. The maximum Gasteiger partial charge on any atom is 0.305 e. The number of carboxylic acids is 1. The number of aryl methyl sites for hydroxylation is 1. The largest absolute Gasteiger partial charge is 0.493 e. The van der Waals surface area contributed by atoms with Crippen LogP contribution in [0.4, 0.5) is 5.69 Å². The van der Waals surface area contributed by atoms with E-state index in [9.17, 15) is 14.4 Å². The molecule has 0 saturated heterocycles. The van der Waals surface area contributed by atoms with Gasteiger partial charge in [-0.15, -0.1) is 0 Å². The first-order valence-corrected chi connectivity index (χ1v) is 15.0. The molecule has 1 aliphatic rings. The van der Waals surface area contributed by atoms with Crippen LogP contribution in [-0.4, -0.2) is 52.4 Å². The molecule has 0 unspecified atom stereocenters. The van der Waals surface area contributed by atoms with E-state index in [1.165, 1.54) is 5.56 Å². The van der Waals surface area contributed by atoms with Crippen LogP contribution in [0.5, 0.6) is 5.75 Å². The fraction of sp³-hybridized carbons (Fsp3) is 0.314. The Morgan fingerprint density at radius 2 is 1.84 bits per heavy atom. The van der Waals surface area contributed by atoms with Gasteiger partial charge in [-0.3, -0.25) is 19.1 Å². The summed E-state index contributed by atoms with van der Waals surface area (Å²) in [6.45, 7) is 5.86. The van der Waals surface area contributed by atoms with Crippen LogP contribution in [-0.2, 0) is 22.6 Å². The van der Waals surface area contributed by atoms with Crippen LogP contribution < -0.4 is 15.0 Å². The Bertz CT molecular complexity index is 1660. The van der Waals surface area contributed by atoms with Gasteiger partial charge in [0.15, 0.2) is 0 Å². The van der Waals surface area contributed by atoms with E-state index < -0.39 is 5.97 Å². The molecule has 2 amide bonds. The van der Waals surface area contributed by atoms with Crippen LogP contribution in [0.2, 0.25) is 0 Å². The molecular weight excluding hydrogens is 556 g/mol. The van der Waals surface area contributed by atoms with Gasteiger partial charge in [0.1, 0.15) is 5.75 Å². The van der Waals surface area contributed by atoms with Crippen molar-refractivity contribution in [2.75, 3.05) is 24.6 Å². The normalized spacial score (nSPS) is 12.5. The van der Waals surface area contributed by atoms with Gasteiger partial charge < -0.3 is 20.1 Å². The number of ether oxygens (including phenoxy) is 1. The van der Waals surface area contributed by atoms with E-state index in [0.29, 0.717) is 38.1 Å². The van der Waals surface area contributed by atoms with Crippen LogP contribution in [0.3, 0.4) is 0 Å². The Kier molecular flexibility index (Phi) is 9.74. The Hall–Kier alpha value is -4.92. The second-order valence-electron chi connectivity index (χ2n) is 11.1. The summed E-state index contributed by atoms with van der Waals surface area (Å²) in [5.74, 6) is -0.284. The summed E-state index contributed by atoms with van der Waals surface area (Å²) < 4.78 is 7.80. The summed E-state index contributed by atoms with van der Waals surface area (Å²) in [6.07, 6.45) is 6.54. The number of rotatable bonds is 12. The highest BCUT2D eigenvalue weighted by atomic mass is 16.5. The van der Waals surface area contributed by atoms with Gasteiger partial charge in [-0.2, -0.15) is 5.10 Å². The van der Waals surface area contributed by atoms with E-state index >= 15 is 0 Å². The van der Waals surface area contributed by atoms with Crippen LogP contribution in [0.25, 0.3) is 11.1 Å². The Morgan fingerprint density at radius 3 is 2.68 bits per heavy atom. The SMILES string of the molecule is Cc1cccc(OCCCC(=O)N2CCCc3c(-c4cnn(Cc5cccc(C(=O)NCCC(=O)O)c5)c4)cccc32)c1C. The lowest BCUT2D eigenvalue weighted by Gasteiger charge is -2.31. The van der Waals surface area contributed by atoms with E-state index in [1.54, 1.807) is 18.2 Å². The quantitative estimate of drug-likeness (QED) is 0.208. The standard InChI is InChI=1S/C35H38N4O5/c1-24-8-3-14-32(25(24)2)44-19-7-15-33(40)39-18-6-12-30-29(11-5-13-31(30)39)28-21-37-38(23-28)22-26-9-4-10-27(20-26)35(43)36-17-16-34(41)42/h3-5,8-11,13-14,20-21,23H,6-7,12,15-19,22H2,1-2H3,(H,36,43)(H,41,42). The molecule has 2 N–H and O–H groups in total. The average Bonchev–Trinajstić information content (AvgIpc) is 3.48. The van der Waals surface area contributed by atoms with Crippen molar-refractivity contribution >= 4 is 23.5 Å². The fourth-order valence-electron chi connectivity index (χ4n) is 5.55. The number of carbonyl (C=O) groups is 3. The van der Waals surface area contributed by atoms with Crippen molar-refractivity contribution in [3.05, 3.63) is 101 Å². The van der Waals surface area contributed by atoms with Gasteiger partial charge in [0, 0.05) is 42.5 Å². The monoisotopic (exact) mass is 594 g/mol. The minimum atomic E-state index is -0.956. The first-order valence-electron chi connectivity index (χ1n) is 15.0. The third kappa shape index (κ3) is 7.34. The van der Waals surface area contributed by atoms with Crippen molar-refractivity contribution < 1.29 is 24.2 Å². The molecule has 0 spiro atoms. The number of carbonyl (C=O) groups excluding carboxylic acids is 2. The molecule has 2 heterocycles. The van der Waals surface area contributed by atoms with Gasteiger partial charge in [0.2, 0.25) is 5.91 Å². The molecule has 44 heavy (non-hydrogen) atoms. The third-order valence-electron chi connectivity index (χ3n) is 8.00. The van der Waals surface area contributed by atoms with E-state index in [0.717, 1.165) is 52.1 Å². The summed E-state index contributed by atoms with van der Waals surface area (Å²) in [6, 6.07) is 19.3. The molecule has 0 atom stereocenters. The lowest BCUT2D eigenvalue weighted by atomic mass is 9.93. The molecule has 0 fully saturated rings. The second-order valence-corrected chi connectivity index (χ2v) is 11.1. The van der Waals surface area contributed by atoms with Gasteiger partial charge in [-0.1, -0.05) is 36.4 Å². The molecule has 1 aliphatic heterocycles. The Balaban J connectivity index is 1.22. The Labute approximate surface area is 257 Å². The number of hydrogen-bond acceptors (Lipinski definition) is 5. The van der Waals surface area contributed by atoms with Crippen molar-refractivity contribution in [2.45, 2.75) is 52.5 Å². The summed E-state index contributed by atoms with van der Waals surface area (Å²) in [5.41, 5.74) is 7.84. The molecule has 5 rings (SSSR count). The number of hydrogen-bond donors (Lipinski definition) is 2. The summed E-state index contributed by atoms with van der Waals surface area (Å²) >= 11 is 0. The maximum atomic E-state index is 13.3. The molecular formula is C35H38N4O5. The zero-order valence-electron chi connectivity index (χ0n) is 25.2.